The van der Waals surface area contributed by atoms with Crippen LogP contribution in [-0.4, -0.2) is 23.3 Å². The summed E-state index contributed by atoms with van der Waals surface area (Å²) in [5.74, 6) is 0.871. The zero-order chi connectivity index (χ0) is 7.84. The molecule has 0 saturated carbocycles. The van der Waals surface area contributed by atoms with E-state index in [0.717, 1.165) is 4.91 Å². The van der Waals surface area contributed by atoms with Gasteiger partial charge in [0.25, 0.3) is 5.91 Å². The first-order valence-corrected chi connectivity index (χ1v) is 4.04. The molecule has 0 fully saturated rings. The zero-order valence-electron chi connectivity index (χ0n) is 5.57. The summed E-state index contributed by atoms with van der Waals surface area (Å²) in [5.41, 5.74) is 5.33. The molecule has 4 nitrogen and oxygen atoms in total. The highest BCUT2D eigenvalue weighted by atomic mass is 32.2. The van der Waals surface area contributed by atoms with Crippen molar-refractivity contribution in [2.24, 2.45) is 15.7 Å². The van der Waals surface area contributed by atoms with Gasteiger partial charge in [-0.3, -0.25) is 9.79 Å². The highest BCUT2D eigenvalue weighted by Crippen LogP contribution is 2.28. The van der Waals surface area contributed by atoms with E-state index >= 15 is 0 Å². The first kappa shape index (κ1) is 6.60. The van der Waals surface area contributed by atoms with E-state index in [1.165, 1.54) is 0 Å². The first-order chi connectivity index (χ1) is 5.27. The van der Waals surface area contributed by atoms with Crippen LogP contribution in [0.25, 0.3) is 0 Å². The van der Waals surface area contributed by atoms with Gasteiger partial charge in [-0.2, -0.15) is 0 Å². The van der Waals surface area contributed by atoms with E-state index in [1.807, 2.05) is 0 Å². The molecule has 1 amide bonds. The number of nitrogens with zero attached hydrogens (tertiary/aromatic N) is 2. The van der Waals surface area contributed by atoms with Crippen molar-refractivity contribution in [1.29, 1.82) is 0 Å². The third-order valence-corrected chi connectivity index (χ3v) is 2.27. The number of fused-ring (bicyclic) bond motifs is 1. The molecule has 0 spiro atoms. The van der Waals surface area contributed by atoms with Gasteiger partial charge in [0.2, 0.25) is 0 Å². The van der Waals surface area contributed by atoms with E-state index in [9.17, 15) is 4.79 Å². The highest BCUT2D eigenvalue weighted by molar-refractivity contribution is 8.04. The summed E-state index contributed by atoms with van der Waals surface area (Å²) >= 11 is 1.57. The number of aliphatic imine (C=N–C) groups is 2. The van der Waals surface area contributed by atoms with Crippen LogP contribution in [0.1, 0.15) is 0 Å². The first-order valence-electron chi connectivity index (χ1n) is 3.05. The molecule has 0 atom stereocenters. The van der Waals surface area contributed by atoms with Crippen molar-refractivity contribution in [3.8, 4) is 0 Å². The molecule has 0 unspecified atom stereocenters. The average Bonchev–Trinajstić information content (AvgIpc) is 2.40. The van der Waals surface area contributed by atoms with Crippen molar-refractivity contribution in [3.63, 3.8) is 0 Å². The van der Waals surface area contributed by atoms with Crippen LogP contribution in [0, 0.1) is 0 Å². The Hall–Kier alpha value is -1.10. The molecule has 0 saturated heterocycles. The lowest BCUT2D eigenvalue weighted by molar-refractivity contribution is -0.111. The van der Waals surface area contributed by atoms with Crippen molar-refractivity contribution < 1.29 is 4.79 Å². The van der Waals surface area contributed by atoms with Crippen molar-refractivity contribution in [1.82, 2.24) is 0 Å². The number of amides is 1. The average molecular weight is 167 g/mol. The molecule has 0 aromatic rings. The lowest BCUT2D eigenvalue weighted by atomic mass is 10.3. The molecular formula is C6H5N3OS. The van der Waals surface area contributed by atoms with E-state index in [2.05, 4.69) is 9.98 Å². The van der Waals surface area contributed by atoms with E-state index in [1.54, 1.807) is 17.8 Å². The van der Waals surface area contributed by atoms with Gasteiger partial charge in [-0.05, 0) is 6.08 Å². The van der Waals surface area contributed by atoms with Gasteiger partial charge >= 0.3 is 0 Å². The van der Waals surface area contributed by atoms with Gasteiger partial charge in [-0.25, -0.2) is 4.99 Å². The number of thioether (sulfide) groups is 1. The lowest BCUT2D eigenvalue weighted by Gasteiger charge is -1.85. The van der Waals surface area contributed by atoms with Crippen molar-refractivity contribution >= 4 is 29.2 Å². The molecule has 2 aliphatic rings. The molecule has 5 heteroatoms. The predicted octanol–water partition coefficient (Wildman–Crippen LogP) is -0.0870. The fourth-order valence-electron chi connectivity index (χ4n) is 0.899. The Bertz CT molecular complexity index is 313. The third-order valence-electron chi connectivity index (χ3n) is 1.40. The molecule has 2 heterocycles. The summed E-state index contributed by atoms with van der Waals surface area (Å²) in [4.78, 5) is 19.5. The second-order valence-corrected chi connectivity index (χ2v) is 3.11. The number of hydrogen-bond acceptors (Lipinski definition) is 4. The van der Waals surface area contributed by atoms with Crippen LogP contribution in [0.2, 0.25) is 0 Å². The fourth-order valence-corrected chi connectivity index (χ4v) is 1.66. The van der Waals surface area contributed by atoms with Crippen molar-refractivity contribution in [3.05, 3.63) is 11.0 Å². The minimum absolute atomic E-state index is 0.311. The summed E-state index contributed by atoms with van der Waals surface area (Å²) in [7, 11) is 0. The largest absolute Gasteiger partial charge is 0.364 e. The molecule has 2 aliphatic heterocycles. The summed E-state index contributed by atoms with van der Waals surface area (Å²) < 4.78 is 0. The molecule has 2 N–H and O–H groups in total. The van der Waals surface area contributed by atoms with E-state index < -0.39 is 5.91 Å². The molecule has 11 heavy (non-hydrogen) atoms. The van der Waals surface area contributed by atoms with Crippen molar-refractivity contribution in [2.75, 3.05) is 5.88 Å². The number of amidine groups is 1. The summed E-state index contributed by atoms with van der Waals surface area (Å²) in [5, 5.41) is 0. The van der Waals surface area contributed by atoms with Gasteiger partial charge in [0.15, 0.2) is 5.84 Å². The standard InChI is InChI=1S/C6H5N3OS/c7-5(10)3-1-4-6(9-3)8-2-11-4/h1H,2H2,(H2,7,10). The van der Waals surface area contributed by atoms with Crippen molar-refractivity contribution in [2.45, 2.75) is 0 Å². The molecular weight excluding hydrogens is 162 g/mol. The smallest absolute Gasteiger partial charge is 0.267 e. The van der Waals surface area contributed by atoms with Crippen LogP contribution in [0.5, 0.6) is 0 Å². The van der Waals surface area contributed by atoms with Crippen LogP contribution in [0.4, 0.5) is 0 Å². The Morgan fingerprint density at radius 2 is 2.55 bits per heavy atom. The number of hydrogen-bond donors (Lipinski definition) is 1. The maximum absolute atomic E-state index is 10.6. The monoisotopic (exact) mass is 167 g/mol. The number of nitrogens with two attached hydrogens (primary N) is 1. The van der Waals surface area contributed by atoms with Gasteiger partial charge < -0.3 is 5.73 Å². The molecule has 0 aromatic heterocycles. The Kier molecular flexibility index (Phi) is 1.32. The maximum Gasteiger partial charge on any atom is 0.267 e. The molecule has 0 radical (unpaired) electrons. The molecule has 56 valence electrons. The number of carbonyl (C=O) groups is 1. The Morgan fingerprint density at radius 3 is 3.18 bits per heavy atom. The predicted molar refractivity (Wildman–Crippen MR) is 44.6 cm³/mol. The quantitative estimate of drug-likeness (QED) is 0.593. The Morgan fingerprint density at radius 1 is 1.73 bits per heavy atom. The lowest BCUT2D eigenvalue weighted by Crippen LogP contribution is -2.20. The van der Waals surface area contributed by atoms with Gasteiger partial charge in [-0.1, -0.05) is 11.8 Å². The SMILES string of the molecule is NC(=O)C1=NC2=NCSC2=C1. The third kappa shape index (κ3) is 0.970. The molecule has 0 bridgehead atoms. The van der Waals surface area contributed by atoms with Gasteiger partial charge in [-0.15, -0.1) is 0 Å². The second kappa shape index (κ2) is 2.20. The molecule has 2 rings (SSSR count). The van der Waals surface area contributed by atoms with Crippen LogP contribution < -0.4 is 5.73 Å². The summed E-state index contributed by atoms with van der Waals surface area (Å²) in [6.07, 6.45) is 1.68. The van der Waals surface area contributed by atoms with Gasteiger partial charge in [0.05, 0.1) is 10.8 Å². The highest BCUT2D eigenvalue weighted by Gasteiger charge is 2.22. The van der Waals surface area contributed by atoms with E-state index in [4.69, 9.17) is 5.73 Å². The maximum atomic E-state index is 10.6. The zero-order valence-corrected chi connectivity index (χ0v) is 6.39. The second-order valence-electron chi connectivity index (χ2n) is 2.13. The summed E-state index contributed by atoms with van der Waals surface area (Å²) in [6, 6.07) is 0. The molecule has 0 aliphatic carbocycles. The summed E-state index contributed by atoms with van der Waals surface area (Å²) in [6.45, 7) is 0. The fraction of sp³-hybridized carbons (Fsp3) is 0.167. The number of primary amides is 1. The van der Waals surface area contributed by atoms with Crippen LogP contribution >= 0.6 is 11.8 Å². The van der Waals surface area contributed by atoms with Crippen LogP contribution in [0.15, 0.2) is 21.0 Å². The van der Waals surface area contributed by atoms with E-state index in [0.29, 0.717) is 17.4 Å². The topological polar surface area (TPSA) is 67.8 Å². The number of carbonyl (C=O) groups excluding carboxylic acids is 1. The molecule has 0 aromatic carbocycles. The Balaban J connectivity index is 2.38. The minimum atomic E-state index is -0.491. The van der Waals surface area contributed by atoms with Gasteiger partial charge in [0, 0.05) is 0 Å². The van der Waals surface area contributed by atoms with Gasteiger partial charge in [0.1, 0.15) is 5.71 Å². The van der Waals surface area contributed by atoms with Crippen LogP contribution in [-0.2, 0) is 4.79 Å². The number of rotatable bonds is 1. The normalized spacial score (nSPS) is 20.5. The minimum Gasteiger partial charge on any atom is -0.364 e. The van der Waals surface area contributed by atoms with E-state index in [-0.39, 0.29) is 0 Å². The Labute approximate surface area is 67.3 Å². The van der Waals surface area contributed by atoms with Crippen LogP contribution in [0.3, 0.4) is 0 Å².